The van der Waals surface area contributed by atoms with Gasteiger partial charge in [-0.25, -0.2) is 4.98 Å². The maximum absolute atomic E-state index is 13.0. The summed E-state index contributed by atoms with van der Waals surface area (Å²) >= 11 is 0. The van der Waals surface area contributed by atoms with Crippen molar-refractivity contribution in [3.8, 4) is 0 Å². The monoisotopic (exact) mass is 360 g/mol. The fourth-order valence-corrected chi connectivity index (χ4v) is 3.78. The number of hydrogen-bond donors (Lipinski definition) is 1. The molecule has 5 rings (SSSR count). The summed E-state index contributed by atoms with van der Waals surface area (Å²) in [5, 5.41) is 2.93. The first-order valence-electron chi connectivity index (χ1n) is 9.33. The maximum Gasteiger partial charge on any atom is 0.253 e. The second kappa shape index (κ2) is 6.23. The van der Waals surface area contributed by atoms with E-state index >= 15 is 0 Å². The van der Waals surface area contributed by atoms with Gasteiger partial charge in [-0.15, -0.1) is 0 Å². The van der Waals surface area contributed by atoms with Gasteiger partial charge in [-0.2, -0.15) is 0 Å². The van der Waals surface area contributed by atoms with Crippen molar-refractivity contribution < 1.29 is 9.59 Å². The number of hydrogen-bond acceptors (Lipinski definition) is 3. The molecule has 1 saturated carbocycles. The minimum atomic E-state index is -0.524. The van der Waals surface area contributed by atoms with E-state index in [0.717, 1.165) is 29.4 Å². The third-order valence-electron chi connectivity index (χ3n) is 5.25. The Morgan fingerprint density at radius 2 is 1.81 bits per heavy atom. The molecule has 2 amide bonds. The fraction of sp³-hybridized carbons (Fsp3) is 0.286. The van der Waals surface area contributed by atoms with Crippen LogP contribution in [0.5, 0.6) is 0 Å². The molecular weight excluding hydrogens is 340 g/mol. The van der Waals surface area contributed by atoms with Gasteiger partial charge in [0, 0.05) is 12.6 Å². The number of para-hydroxylation sites is 2. The number of imidazole rings is 1. The first kappa shape index (κ1) is 16.1. The van der Waals surface area contributed by atoms with Gasteiger partial charge in [0.25, 0.3) is 5.91 Å². The highest BCUT2D eigenvalue weighted by Gasteiger charge is 2.47. The third kappa shape index (κ3) is 2.77. The molecule has 1 fully saturated rings. The van der Waals surface area contributed by atoms with E-state index in [-0.39, 0.29) is 24.3 Å². The second-order valence-electron chi connectivity index (χ2n) is 7.19. The van der Waals surface area contributed by atoms with Gasteiger partial charge in [-0.3, -0.25) is 19.1 Å². The van der Waals surface area contributed by atoms with Gasteiger partial charge in [0.2, 0.25) is 11.9 Å². The average molecular weight is 360 g/mol. The molecule has 1 aliphatic carbocycles. The van der Waals surface area contributed by atoms with Gasteiger partial charge in [-0.05, 0) is 30.5 Å². The molecule has 1 aliphatic heterocycles. The lowest BCUT2D eigenvalue weighted by Crippen LogP contribution is -2.34. The fourth-order valence-electron chi connectivity index (χ4n) is 3.78. The van der Waals surface area contributed by atoms with Crippen LogP contribution in [0.15, 0.2) is 54.6 Å². The summed E-state index contributed by atoms with van der Waals surface area (Å²) in [6.45, 7) is 0.463. The standard InChI is InChI=1S/C21H20N4O2/c26-19(22-13-14-6-2-1-3-7-14)12-18-20(27)24(15-10-11-15)21-23-16-8-4-5-9-17(16)25(18)21/h1-9,15,18H,10-13H2,(H,22,26)/t18-/m0/s1. The van der Waals surface area contributed by atoms with Gasteiger partial charge in [0.1, 0.15) is 6.04 Å². The van der Waals surface area contributed by atoms with Crippen LogP contribution in [0.4, 0.5) is 5.95 Å². The van der Waals surface area contributed by atoms with Gasteiger partial charge in [0.05, 0.1) is 17.5 Å². The number of anilines is 1. The van der Waals surface area contributed by atoms with Crippen LogP contribution in [0.2, 0.25) is 0 Å². The van der Waals surface area contributed by atoms with Crippen LogP contribution in [-0.4, -0.2) is 27.4 Å². The Morgan fingerprint density at radius 3 is 2.59 bits per heavy atom. The number of aromatic nitrogens is 2. The number of benzene rings is 2. The van der Waals surface area contributed by atoms with E-state index in [2.05, 4.69) is 10.3 Å². The molecule has 1 aromatic heterocycles. The molecule has 2 aromatic carbocycles. The zero-order valence-electron chi connectivity index (χ0n) is 14.8. The Labute approximate surface area is 156 Å². The summed E-state index contributed by atoms with van der Waals surface area (Å²) < 4.78 is 1.94. The van der Waals surface area contributed by atoms with E-state index in [9.17, 15) is 9.59 Å². The normalized spacial score (nSPS) is 18.7. The van der Waals surface area contributed by atoms with Crippen LogP contribution in [-0.2, 0) is 16.1 Å². The minimum Gasteiger partial charge on any atom is -0.352 e. The molecule has 0 saturated heterocycles. The Balaban J connectivity index is 1.41. The first-order chi connectivity index (χ1) is 13.2. The largest absolute Gasteiger partial charge is 0.352 e. The van der Waals surface area contributed by atoms with E-state index in [4.69, 9.17) is 0 Å². The highest BCUT2D eigenvalue weighted by atomic mass is 16.2. The molecule has 6 nitrogen and oxygen atoms in total. The van der Waals surface area contributed by atoms with E-state index < -0.39 is 6.04 Å². The van der Waals surface area contributed by atoms with Crippen molar-refractivity contribution in [3.05, 3.63) is 60.2 Å². The number of carbonyl (C=O) groups excluding carboxylic acids is 2. The number of nitrogens with zero attached hydrogens (tertiary/aromatic N) is 3. The molecule has 0 radical (unpaired) electrons. The topological polar surface area (TPSA) is 67.2 Å². The lowest BCUT2D eigenvalue weighted by atomic mass is 10.1. The van der Waals surface area contributed by atoms with E-state index in [1.54, 1.807) is 4.90 Å². The van der Waals surface area contributed by atoms with Crippen molar-refractivity contribution in [2.75, 3.05) is 4.90 Å². The molecule has 1 N–H and O–H groups in total. The predicted molar refractivity (Wildman–Crippen MR) is 102 cm³/mol. The molecule has 2 heterocycles. The quantitative estimate of drug-likeness (QED) is 0.761. The summed E-state index contributed by atoms with van der Waals surface area (Å²) in [6.07, 6.45) is 2.13. The molecule has 0 bridgehead atoms. The molecule has 3 aromatic rings. The molecule has 6 heteroatoms. The summed E-state index contributed by atoms with van der Waals surface area (Å²) in [5.41, 5.74) is 2.81. The Kier molecular flexibility index (Phi) is 3.70. The summed E-state index contributed by atoms with van der Waals surface area (Å²) in [4.78, 5) is 32.1. The number of fused-ring (bicyclic) bond motifs is 3. The van der Waals surface area contributed by atoms with Crippen molar-refractivity contribution in [2.45, 2.75) is 37.9 Å². The summed E-state index contributed by atoms with van der Waals surface area (Å²) in [5.74, 6) is 0.545. The van der Waals surface area contributed by atoms with Gasteiger partial charge < -0.3 is 5.32 Å². The molecule has 2 aliphatic rings. The predicted octanol–water partition coefficient (Wildman–Crippen LogP) is 2.79. The molecule has 0 spiro atoms. The minimum absolute atomic E-state index is 0.0133. The van der Waals surface area contributed by atoms with Gasteiger partial charge in [0.15, 0.2) is 0 Å². The molecule has 136 valence electrons. The number of amides is 2. The van der Waals surface area contributed by atoms with Crippen LogP contribution in [0, 0.1) is 0 Å². The first-order valence-corrected chi connectivity index (χ1v) is 9.33. The lowest BCUT2D eigenvalue weighted by Gasteiger charge is -2.15. The SMILES string of the molecule is O=C(C[C@H]1C(=O)N(C2CC2)c2nc3ccccc3n21)NCc1ccccc1. The smallest absolute Gasteiger partial charge is 0.253 e. The van der Waals surface area contributed by atoms with Crippen molar-refractivity contribution in [1.82, 2.24) is 14.9 Å². The Morgan fingerprint density at radius 1 is 1.07 bits per heavy atom. The van der Waals surface area contributed by atoms with Crippen molar-refractivity contribution >= 4 is 28.8 Å². The van der Waals surface area contributed by atoms with Gasteiger partial charge >= 0.3 is 0 Å². The lowest BCUT2D eigenvalue weighted by molar-refractivity contribution is -0.127. The molecule has 0 unspecified atom stereocenters. The average Bonchev–Trinajstić information content (AvgIpc) is 3.40. The Hall–Kier alpha value is -3.15. The Bertz CT molecular complexity index is 1020. The van der Waals surface area contributed by atoms with Crippen LogP contribution < -0.4 is 10.2 Å². The number of carbonyl (C=O) groups is 2. The summed E-state index contributed by atoms with van der Waals surface area (Å²) in [7, 11) is 0. The number of nitrogens with one attached hydrogen (secondary N) is 1. The van der Waals surface area contributed by atoms with Crippen molar-refractivity contribution in [3.63, 3.8) is 0 Å². The van der Waals surface area contributed by atoms with Crippen LogP contribution in [0.1, 0.15) is 30.9 Å². The van der Waals surface area contributed by atoms with Gasteiger partial charge in [-0.1, -0.05) is 42.5 Å². The van der Waals surface area contributed by atoms with Crippen molar-refractivity contribution in [2.24, 2.45) is 0 Å². The number of rotatable bonds is 5. The van der Waals surface area contributed by atoms with E-state index in [1.807, 2.05) is 59.2 Å². The maximum atomic E-state index is 13.0. The molecule has 1 atom stereocenters. The zero-order valence-corrected chi connectivity index (χ0v) is 14.8. The molecule has 27 heavy (non-hydrogen) atoms. The highest BCUT2D eigenvalue weighted by molar-refractivity contribution is 6.04. The second-order valence-corrected chi connectivity index (χ2v) is 7.19. The summed E-state index contributed by atoms with van der Waals surface area (Å²) in [6, 6.07) is 17.3. The zero-order chi connectivity index (χ0) is 18.4. The van der Waals surface area contributed by atoms with E-state index in [1.165, 1.54) is 0 Å². The van der Waals surface area contributed by atoms with Crippen molar-refractivity contribution in [1.29, 1.82) is 0 Å². The van der Waals surface area contributed by atoms with Crippen LogP contribution >= 0.6 is 0 Å². The van der Waals surface area contributed by atoms with Crippen LogP contribution in [0.3, 0.4) is 0 Å². The highest BCUT2D eigenvalue weighted by Crippen LogP contribution is 2.42. The van der Waals surface area contributed by atoms with Crippen LogP contribution in [0.25, 0.3) is 11.0 Å². The van der Waals surface area contributed by atoms with E-state index in [0.29, 0.717) is 12.5 Å². The third-order valence-corrected chi connectivity index (χ3v) is 5.25. The molecular formula is C21H20N4O2.